The largest absolute Gasteiger partial charge is 0.491 e. The Bertz CT molecular complexity index is 247. The first-order valence-electron chi connectivity index (χ1n) is 4.14. The second-order valence-corrected chi connectivity index (χ2v) is 3.71. The Kier molecular flexibility index (Phi) is 3.60. The highest BCUT2D eigenvalue weighted by atomic mass is 79.9. The SMILES string of the molecule is CC[C@@H](C)Oc1cccc(Br)c1. The van der Waals surface area contributed by atoms with Gasteiger partial charge in [0.1, 0.15) is 5.75 Å². The van der Waals surface area contributed by atoms with E-state index in [4.69, 9.17) is 4.74 Å². The van der Waals surface area contributed by atoms with Crippen molar-refractivity contribution in [2.24, 2.45) is 0 Å². The Balaban J connectivity index is 2.63. The molecule has 1 rings (SSSR count). The molecule has 12 heavy (non-hydrogen) atoms. The predicted octanol–water partition coefficient (Wildman–Crippen LogP) is 3.63. The Morgan fingerprint density at radius 2 is 2.25 bits per heavy atom. The minimum atomic E-state index is 0.291. The average Bonchev–Trinajstić information content (AvgIpc) is 2.04. The Labute approximate surface area is 81.9 Å². The quantitative estimate of drug-likeness (QED) is 0.768. The van der Waals surface area contributed by atoms with Crippen molar-refractivity contribution in [2.75, 3.05) is 0 Å². The van der Waals surface area contributed by atoms with Gasteiger partial charge in [0.15, 0.2) is 0 Å². The van der Waals surface area contributed by atoms with Gasteiger partial charge in [0, 0.05) is 4.47 Å². The topological polar surface area (TPSA) is 9.23 Å². The normalized spacial score (nSPS) is 12.6. The van der Waals surface area contributed by atoms with Crippen LogP contribution in [0.5, 0.6) is 5.75 Å². The number of benzene rings is 1. The molecule has 2 heteroatoms. The van der Waals surface area contributed by atoms with E-state index >= 15 is 0 Å². The minimum Gasteiger partial charge on any atom is -0.491 e. The van der Waals surface area contributed by atoms with Crippen molar-refractivity contribution in [3.05, 3.63) is 28.7 Å². The van der Waals surface area contributed by atoms with Crippen molar-refractivity contribution in [1.29, 1.82) is 0 Å². The van der Waals surface area contributed by atoms with Gasteiger partial charge in [-0.3, -0.25) is 0 Å². The van der Waals surface area contributed by atoms with Crippen LogP contribution in [0.2, 0.25) is 0 Å². The van der Waals surface area contributed by atoms with E-state index in [0.29, 0.717) is 6.10 Å². The van der Waals surface area contributed by atoms with E-state index < -0.39 is 0 Å². The molecule has 1 aromatic carbocycles. The third-order valence-electron chi connectivity index (χ3n) is 1.71. The lowest BCUT2D eigenvalue weighted by Crippen LogP contribution is -2.09. The van der Waals surface area contributed by atoms with Crippen LogP contribution < -0.4 is 4.74 Å². The van der Waals surface area contributed by atoms with E-state index in [2.05, 4.69) is 29.8 Å². The lowest BCUT2D eigenvalue weighted by Gasteiger charge is -2.12. The van der Waals surface area contributed by atoms with Gasteiger partial charge in [-0.05, 0) is 31.5 Å². The first kappa shape index (κ1) is 9.59. The van der Waals surface area contributed by atoms with Gasteiger partial charge < -0.3 is 4.74 Å². The number of hydrogen-bond acceptors (Lipinski definition) is 1. The molecule has 0 saturated carbocycles. The molecule has 66 valence electrons. The van der Waals surface area contributed by atoms with Crippen LogP contribution >= 0.6 is 15.9 Å². The molecule has 0 amide bonds. The van der Waals surface area contributed by atoms with Gasteiger partial charge in [-0.15, -0.1) is 0 Å². The van der Waals surface area contributed by atoms with E-state index in [1.54, 1.807) is 0 Å². The summed E-state index contributed by atoms with van der Waals surface area (Å²) in [5, 5.41) is 0. The molecule has 0 bridgehead atoms. The summed E-state index contributed by atoms with van der Waals surface area (Å²) >= 11 is 3.39. The maximum absolute atomic E-state index is 5.61. The van der Waals surface area contributed by atoms with Crippen molar-refractivity contribution in [1.82, 2.24) is 0 Å². The zero-order valence-corrected chi connectivity index (χ0v) is 8.97. The fourth-order valence-corrected chi connectivity index (χ4v) is 1.23. The van der Waals surface area contributed by atoms with E-state index in [9.17, 15) is 0 Å². The second-order valence-electron chi connectivity index (χ2n) is 2.79. The van der Waals surface area contributed by atoms with Gasteiger partial charge in [-0.1, -0.05) is 28.9 Å². The maximum Gasteiger partial charge on any atom is 0.120 e. The molecule has 0 heterocycles. The molecular formula is C10H13BrO. The molecule has 1 aromatic rings. The first-order chi connectivity index (χ1) is 5.72. The van der Waals surface area contributed by atoms with Crippen LogP contribution in [0.25, 0.3) is 0 Å². The molecule has 0 aromatic heterocycles. The van der Waals surface area contributed by atoms with Crippen LogP contribution in [0, 0.1) is 0 Å². The molecule has 0 spiro atoms. The zero-order chi connectivity index (χ0) is 8.97. The Hall–Kier alpha value is -0.500. The van der Waals surface area contributed by atoms with E-state index in [1.165, 1.54) is 0 Å². The highest BCUT2D eigenvalue weighted by Crippen LogP contribution is 2.19. The number of hydrogen-bond donors (Lipinski definition) is 0. The molecule has 0 aliphatic heterocycles. The van der Waals surface area contributed by atoms with Gasteiger partial charge in [0.25, 0.3) is 0 Å². The molecule has 0 unspecified atom stereocenters. The van der Waals surface area contributed by atoms with Gasteiger partial charge in [0.2, 0.25) is 0 Å². The molecule has 1 atom stereocenters. The van der Waals surface area contributed by atoms with E-state index in [-0.39, 0.29) is 0 Å². The summed E-state index contributed by atoms with van der Waals surface area (Å²) in [7, 11) is 0. The van der Waals surface area contributed by atoms with E-state index in [0.717, 1.165) is 16.6 Å². The number of ether oxygens (including phenoxy) is 1. The summed E-state index contributed by atoms with van der Waals surface area (Å²) in [5.74, 6) is 0.929. The minimum absolute atomic E-state index is 0.291. The van der Waals surface area contributed by atoms with Gasteiger partial charge in [-0.25, -0.2) is 0 Å². The monoisotopic (exact) mass is 228 g/mol. The molecule has 1 nitrogen and oxygen atoms in total. The fraction of sp³-hybridized carbons (Fsp3) is 0.400. The molecule has 0 aliphatic rings. The number of halogens is 1. The lowest BCUT2D eigenvalue weighted by atomic mass is 10.3. The Morgan fingerprint density at radius 3 is 2.83 bits per heavy atom. The average molecular weight is 229 g/mol. The van der Waals surface area contributed by atoms with Crippen LogP contribution in [0.15, 0.2) is 28.7 Å². The van der Waals surface area contributed by atoms with Crippen LogP contribution in [0.4, 0.5) is 0 Å². The molecule has 0 N–H and O–H groups in total. The van der Waals surface area contributed by atoms with Crippen LogP contribution in [0.3, 0.4) is 0 Å². The summed E-state index contributed by atoms with van der Waals surface area (Å²) in [6.07, 6.45) is 1.33. The molecule has 0 fully saturated rings. The zero-order valence-electron chi connectivity index (χ0n) is 7.38. The van der Waals surface area contributed by atoms with E-state index in [1.807, 2.05) is 24.3 Å². The van der Waals surface area contributed by atoms with Crippen molar-refractivity contribution in [2.45, 2.75) is 26.4 Å². The summed E-state index contributed by atoms with van der Waals surface area (Å²) in [4.78, 5) is 0. The molecule has 0 saturated heterocycles. The Morgan fingerprint density at radius 1 is 1.50 bits per heavy atom. The van der Waals surface area contributed by atoms with Crippen molar-refractivity contribution in [3.8, 4) is 5.75 Å². The summed E-state index contributed by atoms with van der Waals surface area (Å²) in [5.41, 5.74) is 0. The van der Waals surface area contributed by atoms with Crippen LogP contribution in [-0.2, 0) is 0 Å². The molecular weight excluding hydrogens is 216 g/mol. The third-order valence-corrected chi connectivity index (χ3v) is 2.20. The summed E-state index contributed by atoms with van der Waals surface area (Å²) < 4.78 is 6.67. The highest BCUT2D eigenvalue weighted by Gasteiger charge is 1.99. The van der Waals surface area contributed by atoms with Gasteiger partial charge in [0.05, 0.1) is 6.10 Å². The fourth-order valence-electron chi connectivity index (χ4n) is 0.856. The van der Waals surface area contributed by atoms with Gasteiger partial charge >= 0.3 is 0 Å². The van der Waals surface area contributed by atoms with Crippen LogP contribution in [0.1, 0.15) is 20.3 Å². The standard InChI is InChI=1S/C10H13BrO/c1-3-8(2)12-10-6-4-5-9(11)7-10/h4-8H,3H2,1-2H3/t8-/m1/s1. The summed E-state index contributed by atoms with van der Waals surface area (Å²) in [6.45, 7) is 4.18. The van der Waals surface area contributed by atoms with Crippen molar-refractivity contribution in [3.63, 3.8) is 0 Å². The van der Waals surface area contributed by atoms with Crippen molar-refractivity contribution < 1.29 is 4.74 Å². The predicted molar refractivity (Wildman–Crippen MR) is 54.5 cm³/mol. The third kappa shape index (κ3) is 2.86. The lowest BCUT2D eigenvalue weighted by molar-refractivity contribution is 0.217. The smallest absolute Gasteiger partial charge is 0.120 e. The van der Waals surface area contributed by atoms with Crippen molar-refractivity contribution >= 4 is 15.9 Å². The van der Waals surface area contributed by atoms with Gasteiger partial charge in [-0.2, -0.15) is 0 Å². The maximum atomic E-state index is 5.61. The molecule has 0 radical (unpaired) electrons. The van der Waals surface area contributed by atoms with Crippen LogP contribution in [-0.4, -0.2) is 6.10 Å². The molecule has 0 aliphatic carbocycles. The first-order valence-corrected chi connectivity index (χ1v) is 4.94. The highest BCUT2D eigenvalue weighted by molar-refractivity contribution is 9.10. The second kappa shape index (κ2) is 4.51. The number of rotatable bonds is 3. The summed E-state index contributed by atoms with van der Waals surface area (Å²) in [6, 6.07) is 7.91.